The van der Waals surface area contributed by atoms with Crippen molar-refractivity contribution in [2.75, 3.05) is 32.3 Å². The highest BCUT2D eigenvalue weighted by molar-refractivity contribution is 5.69. The van der Waals surface area contributed by atoms with Gasteiger partial charge in [0.25, 0.3) is 0 Å². The van der Waals surface area contributed by atoms with Crippen molar-refractivity contribution < 1.29 is 14.2 Å². The monoisotopic (exact) mass is 313 g/mol. The van der Waals surface area contributed by atoms with Gasteiger partial charge in [-0.15, -0.1) is 0 Å². The predicted octanol–water partition coefficient (Wildman–Crippen LogP) is 3.80. The molecule has 2 aromatic carbocycles. The Morgan fingerprint density at radius 2 is 1.83 bits per heavy atom. The first-order chi connectivity index (χ1) is 11.2. The summed E-state index contributed by atoms with van der Waals surface area (Å²) in [5, 5.41) is 0. The van der Waals surface area contributed by atoms with Crippen LogP contribution >= 0.6 is 0 Å². The molecule has 0 bridgehead atoms. The second-order valence-corrected chi connectivity index (χ2v) is 5.73. The van der Waals surface area contributed by atoms with Gasteiger partial charge in [0.05, 0.1) is 26.9 Å². The third-order valence-corrected chi connectivity index (χ3v) is 4.17. The van der Waals surface area contributed by atoms with Crippen molar-refractivity contribution in [1.29, 1.82) is 0 Å². The Bertz CT molecular complexity index is 671. The van der Waals surface area contributed by atoms with Crippen LogP contribution in [0.15, 0.2) is 42.5 Å². The predicted molar refractivity (Wildman–Crippen MR) is 92.1 cm³/mol. The Morgan fingerprint density at radius 1 is 1.04 bits per heavy atom. The van der Waals surface area contributed by atoms with Crippen molar-refractivity contribution in [1.82, 2.24) is 0 Å². The third-order valence-electron chi connectivity index (χ3n) is 4.17. The number of ether oxygens (including phenoxy) is 3. The zero-order valence-corrected chi connectivity index (χ0v) is 13.9. The summed E-state index contributed by atoms with van der Waals surface area (Å²) in [5.41, 5.74) is 3.53. The highest BCUT2D eigenvalue weighted by atomic mass is 16.5. The quantitative estimate of drug-likeness (QED) is 0.862. The van der Waals surface area contributed by atoms with Gasteiger partial charge in [-0.25, -0.2) is 0 Å². The lowest BCUT2D eigenvalue weighted by Gasteiger charge is -2.31. The van der Waals surface area contributed by atoms with Gasteiger partial charge in [0.2, 0.25) is 0 Å². The van der Waals surface area contributed by atoms with E-state index in [4.69, 9.17) is 14.2 Å². The maximum Gasteiger partial charge on any atom is 0.120 e. The molecule has 3 rings (SSSR count). The van der Waals surface area contributed by atoms with Crippen LogP contribution in [0, 0.1) is 0 Å². The molecule has 0 spiro atoms. The Balaban J connectivity index is 2.07. The molecule has 0 N–H and O–H groups in total. The van der Waals surface area contributed by atoms with Crippen LogP contribution in [-0.2, 0) is 11.2 Å². The standard InChI is InChI=1S/C19H23NO3/c1-14-11-15-7-8-18(22-3)13-19(15)20(9-10-23-14)16-5-4-6-17(12-16)21-2/h4-8,12-14H,9-11H2,1-3H3. The Kier molecular flexibility index (Phi) is 4.72. The average molecular weight is 313 g/mol. The fourth-order valence-electron chi connectivity index (χ4n) is 2.98. The van der Waals surface area contributed by atoms with Crippen molar-refractivity contribution in [2.45, 2.75) is 19.4 Å². The number of fused-ring (bicyclic) bond motifs is 1. The van der Waals surface area contributed by atoms with Crippen LogP contribution in [0.5, 0.6) is 11.5 Å². The van der Waals surface area contributed by atoms with Gasteiger partial charge in [-0.2, -0.15) is 0 Å². The van der Waals surface area contributed by atoms with E-state index in [9.17, 15) is 0 Å². The Morgan fingerprint density at radius 3 is 2.61 bits per heavy atom. The first-order valence-corrected chi connectivity index (χ1v) is 7.91. The van der Waals surface area contributed by atoms with Gasteiger partial charge in [-0.3, -0.25) is 0 Å². The molecule has 23 heavy (non-hydrogen) atoms. The minimum absolute atomic E-state index is 0.217. The van der Waals surface area contributed by atoms with Gasteiger partial charge in [0.1, 0.15) is 11.5 Å². The molecule has 1 aliphatic rings. The van der Waals surface area contributed by atoms with Crippen molar-refractivity contribution >= 4 is 11.4 Å². The van der Waals surface area contributed by atoms with Gasteiger partial charge in [0, 0.05) is 36.5 Å². The van der Waals surface area contributed by atoms with Crippen LogP contribution in [0.1, 0.15) is 12.5 Å². The van der Waals surface area contributed by atoms with E-state index in [1.807, 2.05) is 24.3 Å². The van der Waals surface area contributed by atoms with Gasteiger partial charge in [-0.05, 0) is 30.7 Å². The highest BCUT2D eigenvalue weighted by Gasteiger charge is 2.20. The summed E-state index contributed by atoms with van der Waals surface area (Å²) in [6, 6.07) is 14.4. The minimum Gasteiger partial charge on any atom is -0.497 e. The van der Waals surface area contributed by atoms with Gasteiger partial charge >= 0.3 is 0 Å². The summed E-state index contributed by atoms with van der Waals surface area (Å²) in [4.78, 5) is 2.27. The first-order valence-electron chi connectivity index (χ1n) is 7.91. The average Bonchev–Trinajstić information content (AvgIpc) is 2.57. The normalized spacial score (nSPS) is 17.9. The number of nitrogens with zero attached hydrogens (tertiary/aromatic N) is 1. The number of methoxy groups -OCH3 is 2. The first kappa shape index (κ1) is 15.7. The molecule has 0 fully saturated rings. The molecule has 4 nitrogen and oxygen atoms in total. The topological polar surface area (TPSA) is 30.9 Å². The van der Waals surface area contributed by atoms with E-state index >= 15 is 0 Å². The van der Waals surface area contributed by atoms with E-state index in [-0.39, 0.29) is 6.10 Å². The molecule has 4 heteroatoms. The second-order valence-electron chi connectivity index (χ2n) is 5.73. The van der Waals surface area contributed by atoms with Crippen LogP contribution in [0.2, 0.25) is 0 Å². The van der Waals surface area contributed by atoms with Crippen LogP contribution in [-0.4, -0.2) is 33.5 Å². The molecular weight excluding hydrogens is 290 g/mol. The third kappa shape index (κ3) is 3.42. The minimum atomic E-state index is 0.217. The molecule has 2 aromatic rings. The maximum atomic E-state index is 5.90. The zero-order valence-electron chi connectivity index (χ0n) is 13.9. The fraction of sp³-hybridized carbons (Fsp3) is 0.368. The fourth-order valence-corrected chi connectivity index (χ4v) is 2.98. The van der Waals surface area contributed by atoms with Crippen molar-refractivity contribution in [3.05, 3.63) is 48.0 Å². The molecule has 0 saturated carbocycles. The number of hydrogen-bond acceptors (Lipinski definition) is 4. The summed E-state index contributed by atoms with van der Waals surface area (Å²) in [7, 11) is 3.39. The maximum absolute atomic E-state index is 5.90. The molecule has 0 saturated heterocycles. The molecule has 122 valence electrons. The van der Waals surface area contributed by atoms with E-state index in [1.165, 1.54) is 11.3 Å². The summed E-state index contributed by atoms with van der Waals surface area (Å²) in [6.45, 7) is 3.60. The molecule has 1 heterocycles. The molecule has 1 atom stereocenters. The second kappa shape index (κ2) is 6.92. The zero-order chi connectivity index (χ0) is 16.2. The molecular formula is C19H23NO3. The molecule has 1 aliphatic heterocycles. The van der Waals surface area contributed by atoms with Crippen LogP contribution in [0.25, 0.3) is 0 Å². The van der Waals surface area contributed by atoms with Gasteiger partial charge in [-0.1, -0.05) is 12.1 Å². The largest absolute Gasteiger partial charge is 0.497 e. The van der Waals surface area contributed by atoms with Crippen molar-refractivity contribution in [2.24, 2.45) is 0 Å². The summed E-state index contributed by atoms with van der Waals surface area (Å²) >= 11 is 0. The lowest BCUT2D eigenvalue weighted by molar-refractivity contribution is 0.0703. The lowest BCUT2D eigenvalue weighted by Crippen LogP contribution is -2.29. The van der Waals surface area contributed by atoms with Crippen LogP contribution < -0.4 is 14.4 Å². The van der Waals surface area contributed by atoms with Gasteiger partial charge < -0.3 is 19.1 Å². The SMILES string of the molecule is COc1cccc(N2CCOC(C)Cc3ccc(OC)cc32)c1. The van der Waals surface area contributed by atoms with E-state index < -0.39 is 0 Å². The molecule has 0 radical (unpaired) electrons. The van der Waals surface area contributed by atoms with Gasteiger partial charge in [0.15, 0.2) is 0 Å². The Hall–Kier alpha value is -2.20. The number of benzene rings is 2. The summed E-state index contributed by atoms with van der Waals surface area (Å²) in [5.74, 6) is 1.72. The number of anilines is 2. The Labute approximate surface area is 137 Å². The molecule has 0 amide bonds. The highest BCUT2D eigenvalue weighted by Crippen LogP contribution is 2.35. The van der Waals surface area contributed by atoms with Crippen LogP contribution in [0.4, 0.5) is 11.4 Å². The summed E-state index contributed by atoms with van der Waals surface area (Å²) < 4.78 is 16.7. The van der Waals surface area contributed by atoms with E-state index in [1.54, 1.807) is 14.2 Å². The smallest absolute Gasteiger partial charge is 0.120 e. The van der Waals surface area contributed by atoms with Crippen molar-refractivity contribution in [3.63, 3.8) is 0 Å². The molecule has 0 aromatic heterocycles. The number of rotatable bonds is 3. The van der Waals surface area contributed by atoms with E-state index in [2.05, 4.69) is 30.0 Å². The van der Waals surface area contributed by atoms with Crippen molar-refractivity contribution in [3.8, 4) is 11.5 Å². The molecule has 0 aliphatic carbocycles. The van der Waals surface area contributed by atoms with E-state index in [0.29, 0.717) is 6.61 Å². The van der Waals surface area contributed by atoms with Crippen LogP contribution in [0.3, 0.4) is 0 Å². The summed E-state index contributed by atoms with van der Waals surface area (Å²) in [6.07, 6.45) is 1.11. The van der Waals surface area contributed by atoms with E-state index in [0.717, 1.165) is 30.2 Å². The lowest BCUT2D eigenvalue weighted by atomic mass is 10.0. The number of hydrogen-bond donors (Lipinski definition) is 0. The molecule has 1 unspecified atom stereocenters.